The molecule has 66 heavy (non-hydrogen) atoms. The molecule has 352 valence electrons. The fourth-order valence-corrected chi connectivity index (χ4v) is 6.96. The molecular formula is C64H86N2. The predicted molar refractivity (Wildman–Crippen MR) is 306 cm³/mol. The highest BCUT2D eigenvalue weighted by Crippen LogP contribution is 2.29. The van der Waals surface area contributed by atoms with Crippen LogP contribution in [0.5, 0.6) is 0 Å². The summed E-state index contributed by atoms with van der Waals surface area (Å²) in [4.78, 5) is 0. The summed E-state index contributed by atoms with van der Waals surface area (Å²) in [7, 11) is 4.25. The molecule has 0 aliphatic heterocycles. The zero-order chi connectivity index (χ0) is 49.9. The van der Waals surface area contributed by atoms with Gasteiger partial charge in [0.1, 0.15) is 0 Å². The van der Waals surface area contributed by atoms with Crippen molar-refractivity contribution in [1.82, 2.24) is 9.13 Å². The molecule has 0 amide bonds. The van der Waals surface area contributed by atoms with Crippen LogP contribution in [0.15, 0.2) is 194 Å². The van der Waals surface area contributed by atoms with Crippen molar-refractivity contribution >= 4 is 54.4 Å². The monoisotopic (exact) mass is 883 g/mol. The maximum absolute atomic E-state index is 2.26. The quantitative estimate of drug-likeness (QED) is 0.155. The van der Waals surface area contributed by atoms with Gasteiger partial charge < -0.3 is 9.13 Å². The molecule has 0 fully saturated rings. The number of hydrogen-bond donors (Lipinski definition) is 0. The molecule has 0 atom stereocenters. The maximum atomic E-state index is 2.26. The second-order valence-corrected chi connectivity index (χ2v) is 13.3. The average Bonchev–Trinajstić information content (AvgIpc) is 3.87. The summed E-state index contributed by atoms with van der Waals surface area (Å²) in [5.41, 5.74) is 10.4. The van der Waals surface area contributed by atoms with E-state index in [1.54, 1.807) is 0 Å². The van der Waals surface area contributed by atoms with Crippen molar-refractivity contribution in [3.8, 4) is 11.1 Å². The van der Waals surface area contributed by atoms with Crippen LogP contribution in [0.3, 0.4) is 0 Å². The van der Waals surface area contributed by atoms with Crippen LogP contribution in [0.1, 0.15) is 108 Å². The zero-order valence-electron chi connectivity index (χ0n) is 44.4. The normalized spacial score (nSPS) is 9.06. The fraction of sp³-hybridized carbons (Fsp3) is 0.281. The third-order valence-electron chi connectivity index (χ3n) is 9.68. The highest BCUT2D eigenvalue weighted by molar-refractivity contribution is 6.09. The van der Waals surface area contributed by atoms with Gasteiger partial charge in [-0.2, -0.15) is 0 Å². The number of fused-ring (bicyclic) bond motifs is 7. The van der Waals surface area contributed by atoms with Gasteiger partial charge in [0.05, 0.1) is 0 Å². The van der Waals surface area contributed by atoms with Gasteiger partial charge in [-0.25, -0.2) is 0 Å². The summed E-state index contributed by atoms with van der Waals surface area (Å²) in [6.45, 7) is 32.3. The Morgan fingerprint density at radius 2 is 0.485 bits per heavy atom. The molecule has 8 aromatic carbocycles. The highest BCUT2D eigenvalue weighted by Gasteiger charge is 2.07. The van der Waals surface area contributed by atoms with E-state index in [1.165, 1.54) is 76.6 Å². The van der Waals surface area contributed by atoms with Gasteiger partial charge in [0.25, 0.3) is 0 Å². The van der Waals surface area contributed by atoms with Crippen LogP contribution in [0.25, 0.3) is 65.5 Å². The molecule has 0 saturated heterocycles. The molecule has 10 aromatic rings. The number of benzene rings is 8. The Labute approximate surface area is 403 Å². The number of rotatable bonds is 1. The first-order valence-corrected chi connectivity index (χ1v) is 24.9. The molecule has 0 saturated carbocycles. The molecule has 0 aliphatic carbocycles. The lowest BCUT2D eigenvalue weighted by Gasteiger charge is -1.98. The van der Waals surface area contributed by atoms with Crippen molar-refractivity contribution in [2.45, 2.75) is 111 Å². The standard InChI is InChI=1S/2C14H13N.C12H10.C10H8.7C2H6/c2*1-10-7-8-14-12(9-10)11-5-3-4-6-13(11)15(14)2;1-3-7-11(8-4-1)12-9-5-2-6-10-12;1-2-6-10-8-4-3-7-9(10)5-1;7*1-2/h2*3-9H,1-2H3;1-10H;1-8H;7*1-2H3. The minimum Gasteiger partial charge on any atom is -0.344 e. The molecule has 0 aliphatic rings. The van der Waals surface area contributed by atoms with Gasteiger partial charge in [-0.15, -0.1) is 0 Å². The molecule has 0 bridgehead atoms. The van der Waals surface area contributed by atoms with E-state index in [2.05, 4.69) is 219 Å². The molecule has 0 N–H and O–H groups in total. The van der Waals surface area contributed by atoms with Crippen LogP contribution in [-0.4, -0.2) is 9.13 Å². The number of para-hydroxylation sites is 2. The van der Waals surface area contributed by atoms with Gasteiger partial charge in [0.15, 0.2) is 0 Å². The van der Waals surface area contributed by atoms with Crippen molar-refractivity contribution < 1.29 is 0 Å². The number of hydrogen-bond acceptors (Lipinski definition) is 0. The SMILES string of the molecule is CC.CC.CC.CC.CC.CC.CC.Cc1ccc2c(c1)c1ccccc1n2C.Cc1ccc2c(c1)c1ccccc1n2C.c1ccc(-c2ccccc2)cc1.c1ccc2ccccc2c1. The Hall–Kier alpha value is -6.38. The number of aryl methyl sites for hydroxylation is 4. The summed E-state index contributed by atoms with van der Waals surface area (Å²) < 4.78 is 4.51. The van der Waals surface area contributed by atoms with E-state index in [0.717, 1.165) is 0 Å². The van der Waals surface area contributed by atoms with Gasteiger partial charge >= 0.3 is 0 Å². The van der Waals surface area contributed by atoms with Crippen molar-refractivity contribution in [2.75, 3.05) is 0 Å². The summed E-state index contributed by atoms with van der Waals surface area (Å²) in [5, 5.41) is 8.02. The van der Waals surface area contributed by atoms with Crippen molar-refractivity contribution in [1.29, 1.82) is 0 Å². The first-order chi connectivity index (χ1) is 32.5. The van der Waals surface area contributed by atoms with Crippen LogP contribution in [0.2, 0.25) is 0 Å². The Bertz CT molecular complexity index is 2490. The average molecular weight is 883 g/mol. The Balaban J connectivity index is 0.000000789. The Morgan fingerprint density at radius 1 is 0.242 bits per heavy atom. The molecule has 10 rings (SSSR count). The lowest BCUT2D eigenvalue weighted by atomic mass is 10.1. The molecule has 2 heteroatoms. The van der Waals surface area contributed by atoms with Crippen LogP contribution in [-0.2, 0) is 14.1 Å². The van der Waals surface area contributed by atoms with E-state index in [-0.39, 0.29) is 0 Å². The van der Waals surface area contributed by atoms with Crippen molar-refractivity contribution in [2.24, 2.45) is 14.1 Å². The third-order valence-corrected chi connectivity index (χ3v) is 9.68. The molecule has 0 radical (unpaired) electrons. The minimum atomic E-state index is 1.28. The Kier molecular flexibility index (Phi) is 32.4. The van der Waals surface area contributed by atoms with Gasteiger partial charge in [0.2, 0.25) is 0 Å². The molecule has 0 spiro atoms. The first-order valence-electron chi connectivity index (χ1n) is 24.9. The van der Waals surface area contributed by atoms with E-state index in [9.17, 15) is 0 Å². The topological polar surface area (TPSA) is 9.86 Å². The van der Waals surface area contributed by atoms with E-state index < -0.39 is 0 Å². The molecule has 2 aromatic heterocycles. The summed E-state index contributed by atoms with van der Waals surface area (Å²) in [6, 6.07) is 67.9. The van der Waals surface area contributed by atoms with Gasteiger partial charge in [-0.3, -0.25) is 0 Å². The summed E-state index contributed by atoms with van der Waals surface area (Å²) in [6.07, 6.45) is 0. The lowest BCUT2D eigenvalue weighted by Crippen LogP contribution is -1.85. The summed E-state index contributed by atoms with van der Waals surface area (Å²) in [5.74, 6) is 0. The molecular weight excluding hydrogens is 797 g/mol. The fourth-order valence-electron chi connectivity index (χ4n) is 6.96. The van der Waals surface area contributed by atoms with E-state index in [4.69, 9.17) is 0 Å². The van der Waals surface area contributed by atoms with Gasteiger partial charge in [-0.05, 0) is 72.1 Å². The second kappa shape index (κ2) is 35.9. The van der Waals surface area contributed by atoms with Crippen LogP contribution in [0, 0.1) is 13.8 Å². The van der Waals surface area contributed by atoms with E-state index >= 15 is 0 Å². The highest BCUT2D eigenvalue weighted by atomic mass is 14.9. The smallest absolute Gasteiger partial charge is 0.0488 e. The van der Waals surface area contributed by atoms with Crippen LogP contribution < -0.4 is 0 Å². The largest absolute Gasteiger partial charge is 0.344 e. The Morgan fingerprint density at radius 3 is 0.788 bits per heavy atom. The number of aromatic nitrogens is 2. The third kappa shape index (κ3) is 17.2. The zero-order valence-corrected chi connectivity index (χ0v) is 44.4. The van der Waals surface area contributed by atoms with E-state index in [0.29, 0.717) is 0 Å². The van der Waals surface area contributed by atoms with Crippen LogP contribution in [0.4, 0.5) is 0 Å². The maximum Gasteiger partial charge on any atom is 0.0488 e. The van der Waals surface area contributed by atoms with E-state index in [1.807, 2.05) is 109 Å². The number of nitrogens with zero attached hydrogens (tertiary/aromatic N) is 2. The molecule has 0 unspecified atom stereocenters. The molecule has 2 heterocycles. The van der Waals surface area contributed by atoms with Gasteiger partial charge in [0, 0.05) is 57.7 Å². The minimum absolute atomic E-state index is 1.28. The van der Waals surface area contributed by atoms with Crippen molar-refractivity contribution in [3.05, 3.63) is 205 Å². The lowest BCUT2D eigenvalue weighted by molar-refractivity contribution is 1.01. The van der Waals surface area contributed by atoms with Gasteiger partial charge in [-0.1, -0.05) is 266 Å². The van der Waals surface area contributed by atoms with Crippen LogP contribution >= 0.6 is 0 Å². The molecule has 2 nitrogen and oxygen atoms in total. The van der Waals surface area contributed by atoms with Crippen molar-refractivity contribution in [3.63, 3.8) is 0 Å². The second-order valence-electron chi connectivity index (χ2n) is 13.3. The predicted octanol–water partition coefficient (Wildman–Crippen LogP) is 20.7. The first kappa shape index (κ1) is 59.6. The summed E-state index contributed by atoms with van der Waals surface area (Å²) >= 11 is 0.